The van der Waals surface area contributed by atoms with E-state index < -0.39 is 0 Å². The average Bonchev–Trinajstić information content (AvgIpc) is 1.96. The summed E-state index contributed by atoms with van der Waals surface area (Å²) in [7, 11) is 0. The van der Waals surface area contributed by atoms with Crippen molar-refractivity contribution in [2.75, 3.05) is 5.32 Å². The van der Waals surface area contributed by atoms with Crippen molar-refractivity contribution in [3.8, 4) is 0 Å². The van der Waals surface area contributed by atoms with Gasteiger partial charge in [0.25, 0.3) is 0 Å². The smallest absolute Gasteiger partial charge is 0.221 e. The first kappa shape index (κ1) is 12.8. The molecule has 1 amide bonds. The molecule has 0 heterocycles. The maximum Gasteiger partial charge on any atom is 0.221 e. The maximum atomic E-state index is 10.6. The van der Waals surface area contributed by atoms with Gasteiger partial charge in [0.1, 0.15) is 0 Å². The lowest BCUT2D eigenvalue weighted by Gasteiger charge is -2.02. The third kappa shape index (κ3) is 3.98. The van der Waals surface area contributed by atoms with E-state index in [9.17, 15) is 4.79 Å². The Balaban J connectivity index is 0.00000144. The van der Waals surface area contributed by atoms with Gasteiger partial charge in [-0.3, -0.25) is 4.79 Å². The van der Waals surface area contributed by atoms with Crippen LogP contribution in [0.15, 0.2) is 22.7 Å². The first-order valence-corrected chi connectivity index (χ1v) is 4.49. The van der Waals surface area contributed by atoms with Crippen LogP contribution in [-0.2, 0) is 4.79 Å². The summed E-state index contributed by atoms with van der Waals surface area (Å²) in [6.45, 7) is 1.46. The molecule has 0 spiro atoms. The highest BCUT2D eigenvalue weighted by atomic mass is 79.9. The largest absolute Gasteiger partial charge is 0.326 e. The van der Waals surface area contributed by atoms with Gasteiger partial charge < -0.3 is 5.32 Å². The lowest BCUT2D eigenvalue weighted by atomic mass is 10.3. The predicted octanol–water partition coefficient (Wildman–Crippen LogP) is 3.48. The van der Waals surface area contributed by atoms with Crippen LogP contribution in [0.2, 0.25) is 5.02 Å². The third-order valence-corrected chi connectivity index (χ3v) is 2.45. The van der Waals surface area contributed by atoms with Gasteiger partial charge >= 0.3 is 0 Å². The van der Waals surface area contributed by atoms with Crippen molar-refractivity contribution in [1.29, 1.82) is 0 Å². The first-order chi connectivity index (χ1) is 5.59. The number of nitrogens with one attached hydrogen (secondary N) is 1. The summed E-state index contributed by atoms with van der Waals surface area (Å²) in [6.07, 6.45) is 0. The van der Waals surface area contributed by atoms with Gasteiger partial charge in [0, 0.05) is 17.1 Å². The molecule has 1 aromatic rings. The number of carbonyl (C=O) groups excluding carboxylic acids is 1. The standard InChI is InChI=1S/C8H7BrClNO.ClH/c1-5(12)11-6-2-3-8(10)7(9)4-6;/h2-4H,1H3,(H,11,12);1H. The van der Waals surface area contributed by atoms with E-state index in [-0.39, 0.29) is 18.3 Å². The second kappa shape index (κ2) is 5.47. The summed E-state index contributed by atoms with van der Waals surface area (Å²) < 4.78 is 0.774. The normalized spacial score (nSPS) is 8.85. The van der Waals surface area contributed by atoms with Crippen molar-refractivity contribution in [1.82, 2.24) is 0 Å². The molecule has 1 aromatic carbocycles. The quantitative estimate of drug-likeness (QED) is 0.840. The minimum Gasteiger partial charge on any atom is -0.326 e. The van der Waals surface area contributed by atoms with E-state index >= 15 is 0 Å². The van der Waals surface area contributed by atoms with E-state index in [1.165, 1.54) is 6.92 Å². The van der Waals surface area contributed by atoms with Gasteiger partial charge in [-0.15, -0.1) is 12.4 Å². The van der Waals surface area contributed by atoms with E-state index in [4.69, 9.17) is 11.6 Å². The highest BCUT2D eigenvalue weighted by Crippen LogP contribution is 2.25. The fourth-order valence-corrected chi connectivity index (χ4v) is 1.27. The Hall–Kier alpha value is -0.250. The zero-order valence-corrected chi connectivity index (χ0v) is 9.96. The summed E-state index contributed by atoms with van der Waals surface area (Å²) in [6, 6.07) is 5.22. The molecule has 0 aliphatic heterocycles. The Morgan fingerprint density at radius 1 is 1.54 bits per heavy atom. The van der Waals surface area contributed by atoms with Crippen molar-refractivity contribution >= 4 is 51.5 Å². The summed E-state index contributed by atoms with van der Waals surface area (Å²) in [5.41, 5.74) is 0.735. The molecule has 0 aliphatic rings. The fourth-order valence-electron chi connectivity index (χ4n) is 0.777. The van der Waals surface area contributed by atoms with Gasteiger partial charge in [-0.25, -0.2) is 0 Å². The average molecular weight is 285 g/mol. The Bertz CT molecular complexity index is 317. The zero-order chi connectivity index (χ0) is 9.14. The summed E-state index contributed by atoms with van der Waals surface area (Å²) >= 11 is 9.01. The second-order valence-corrected chi connectivity index (χ2v) is 3.57. The lowest BCUT2D eigenvalue weighted by molar-refractivity contribution is -0.114. The fraction of sp³-hybridized carbons (Fsp3) is 0.125. The molecule has 13 heavy (non-hydrogen) atoms. The van der Waals surface area contributed by atoms with Crippen molar-refractivity contribution in [3.63, 3.8) is 0 Å². The maximum absolute atomic E-state index is 10.6. The molecule has 0 aliphatic carbocycles. The molecular weight excluding hydrogens is 277 g/mol. The first-order valence-electron chi connectivity index (χ1n) is 3.32. The van der Waals surface area contributed by atoms with Crippen molar-refractivity contribution < 1.29 is 4.79 Å². The number of rotatable bonds is 1. The summed E-state index contributed by atoms with van der Waals surface area (Å²) in [5, 5.41) is 3.27. The second-order valence-electron chi connectivity index (χ2n) is 2.31. The number of benzene rings is 1. The SMILES string of the molecule is CC(=O)Nc1ccc(Cl)c(Br)c1.Cl. The number of halogens is 3. The van der Waals surface area contributed by atoms with E-state index in [0.29, 0.717) is 5.02 Å². The van der Waals surface area contributed by atoms with Crippen molar-refractivity contribution in [2.45, 2.75) is 6.92 Å². The Labute approximate surface area is 96.2 Å². The molecule has 0 fully saturated rings. The molecule has 0 radical (unpaired) electrons. The van der Waals surface area contributed by atoms with Crippen LogP contribution in [0.4, 0.5) is 5.69 Å². The van der Waals surface area contributed by atoms with Crippen LogP contribution in [0, 0.1) is 0 Å². The van der Waals surface area contributed by atoms with Gasteiger partial charge in [0.2, 0.25) is 5.91 Å². The number of hydrogen-bond acceptors (Lipinski definition) is 1. The Morgan fingerprint density at radius 2 is 2.15 bits per heavy atom. The lowest BCUT2D eigenvalue weighted by Crippen LogP contribution is -2.05. The number of anilines is 1. The van der Waals surface area contributed by atoms with Gasteiger partial charge in [-0.1, -0.05) is 11.6 Å². The van der Waals surface area contributed by atoms with Gasteiger partial charge in [-0.05, 0) is 34.1 Å². The minimum absolute atomic E-state index is 0. The van der Waals surface area contributed by atoms with Crippen LogP contribution in [-0.4, -0.2) is 5.91 Å². The van der Waals surface area contributed by atoms with Gasteiger partial charge in [0.05, 0.1) is 5.02 Å². The summed E-state index contributed by atoms with van der Waals surface area (Å²) in [5.74, 6) is -0.0933. The van der Waals surface area contributed by atoms with Crippen LogP contribution >= 0.6 is 39.9 Å². The molecular formula is C8H8BrCl2NO. The molecule has 2 nitrogen and oxygen atoms in total. The minimum atomic E-state index is -0.0933. The van der Waals surface area contributed by atoms with E-state index in [2.05, 4.69) is 21.2 Å². The van der Waals surface area contributed by atoms with Crippen LogP contribution in [0.5, 0.6) is 0 Å². The molecule has 0 saturated carbocycles. The van der Waals surface area contributed by atoms with Crippen LogP contribution < -0.4 is 5.32 Å². The highest BCUT2D eigenvalue weighted by Gasteiger charge is 1.99. The van der Waals surface area contributed by atoms with Gasteiger partial charge in [0.15, 0.2) is 0 Å². The van der Waals surface area contributed by atoms with Crippen molar-refractivity contribution in [3.05, 3.63) is 27.7 Å². The molecule has 72 valence electrons. The van der Waals surface area contributed by atoms with E-state index in [1.54, 1.807) is 18.2 Å². The number of carbonyl (C=O) groups is 1. The zero-order valence-electron chi connectivity index (χ0n) is 6.80. The molecule has 0 atom stereocenters. The van der Waals surface area contributed by atoms with Crippen LogP contribution in [0.3, 0.4) is 0 Å². The summed E-state index contributed by atoms with van der Waals surface area (Å²) in [4.78, 5) is 10.6. The van der Waals surface area contributed by atoms with Crippen LogP contribution in [0.25, 0.3) is 0 Å². The molecule has 0 bridgehead atoms. The predicted molar refractivity (Wildman–Crippen MR) is 60.7 cm³/mol. The molecule has 0 aromatic heterocycles. The van der Waals surface area contributed by atoms with Crippen molar-refractivity contribution in [2.24, 2.45) is 0 Å². The molecule has 1 N–H and O–H groups in total. The Kier molecular flexibility index (Phi) is 5.37. The van der Waals surface area contributed by atoms with E-state index in [1.807, 2.05) is 0 Å². The molecule has 5 heteroatoms. The number of hydrogen-bond donors (Lipinski definition) is 1. The third-order valence-electron chi connectivity index (χ3n) is 1.24. The topological polar surface area (TPSA) is 29.1 Å². The monoisotopic (exact) mass is 283 g/mol. The molecule has 1 rings (SSSR count). The number of amides is 1. The molecule has 0 saturated heterocycles. The highest BCUT2D eigenvalue weighted by molar-refractivity contribution is 9.10. The van der Waals surface area contributed by atoms with Gasteiger partial charge in [-0.2, -0.15) is 0 Å². The Morgan fingerprint density at radius 3 is 2.62 bits per heavy atom. The molecule has 0 unspecified atom stereocenters. The van der Waals surface area contributed by atoms with Crippen LogP contribution in [0.1, 0.15) is 6.92 Å². The van der Waals surface area contributed by atoms with E-state index in [0.717, 1.165) is 10.2 Å².